The Morgan fingerprint density at radius 1 is 0.952 bits per heavy atom. The highest BCUT2D eigenvalue weighted by atomic mass is 35.5. The van der Waals surface area contributed by atoms with Crippen molar-refractivity contribution in [3.05, 3.63) is 65.7 Å². The van der Waals surface area contributed by atoms with Gasteiger partial charge >= 0.3 is 5.97 Å². The van der Waals surface area contributed by atoms with Crippen LogP contribution in [-0.4, -0.2) is 23.0 Å². The molecule has 0 amide bonds. The van der Waals surface area contributed by atoms with Gasteiger partial charge in [-0.25, -0.2) is 4.79 Å². The third-order valence-electron chi connectivity index (χ3n) is 2.76. The van der Waals surface area contributed by atoms with Crippen LogP contribution in [0.1, 0.15) is 15.9 Å². The van der Waals surface area contributed by atoms with Crippen molar-refractivity contribution in [3.8, 4) is 5.75 Å². The van der Waals surface area contributed by atoms with Crippen LogP contribution in [-0.2, 0) is 4.79 Å². The topological polar surface area (TPSA) is 43.4 Å². The van der Waals surface area contributed by atoms with Crippen LogP contribution in [0.4, 0.5) is 0 Å². The highest BCUT2D eigenvalue weighted by Gasteiger charge is 2.16. The second-order valence-electron chi connectivity index (χ2n) is 4.26. The lowest BCUT2D eigenvalue weighted by molar-refractivity contribution is -0.133. The Bertz CT molecular complexity index is 624. The number of ether oxygens (including phenoxy) is 1. The highest BCUT2D eigenvalue weighted by molar-refractivity contribution is 6.35. The van der Waals surface area contributed by atoms with Crippen molar-refractivity contribution >= 4 is 35.0 Å². The van der Waals surface area contributed by atoms with E-state index in [1.165, 1.54) is 0 Å². The normalized spacial score (nSPS) is 11.7. The van der Waals surface area contributed by atoms with E-state index >= 15 is 0 Å². The average Bonchev–Trinajstić information content (AvgIpc) is 2.55. The van der Waals surface area contributed by atoms with E-state index in [0.29, 0.717) is 16.9 Å². The number of hydrogen-bond donors (Lipinski definition) is 0. The molecule has 0 bridgehead atoms. The van der Waals surface area contributed by atoms with Crippen molar-refractivity contribution < 1.29 is 14.3 Å². The zero-order chi connectivity index (χ0) is 15.2. The first-order chi connectivity index (χ1) is 10.1. The van der Waals surface area contributed by atoms with Crippen LogP contribution >= 0.6 is 23.2 Å². The molecule has 0 aromatic heterocycles. The number of esters is 1. The Kier molecular flexibility index (Phi) is 5.37. The maximum absolute atomic E-state index is 12.2. The van der Waals surface area contributed by atoms with Gasteiger partial charge in [-0.2, -0.15) is 0 Å². The lowest BCUT2D eigenvalue weighted by Gasteiger charge is -2.07. The lowest BCUT2D eigenvalue weighted by atomic mass is 10.0. The molecule has 0 aliphatic carbocycles. The van der Waals surface area contributed by atoms with Gasteiger partial charge in [-0.3, -0.25) is 4.79 Å². The van der Waals surface area contributed by atoms with E-state index in [9.17, 15) is 9.59 Å². The molecule has 5 heteroatoms. The second kappa shape index (κ2) is 7.25. The van der Waals surface area contributed by atoms with Crippen LogP contribution in [0.5, 0.6) is 5.75 Å². The van der Waals surface area contributed by atoms with E-state index < -0.39 is 11.3 Å². The molecule has 2 aromatic carbocycles. The molecule has 0 N–H and O–H groups in total. The number of rotatable bonds is 5. The summed E-state index contributed by atoms with van der Waals surface area (Å²) in [5.41, 5.74) is 1.12. The number of alkyl halides is 2. The summed E-state index contributed by atoms with van der Waals surface area (Å²) in [6.45, 7) is 0. The fourth-order valence-corrected chi connectivity index (χ4v) is 1.84. The molecular formula is C16H12Cl2O3. The summed E-state index contributed by atoms with van der Waals surface area (Å²) in [5, 5.41) is -0.891. The fourth-order valence-electron chi connectivity index (χ4n) is 1.67. The summed E-state index contributed by atoms with van der Waals surface area (Å²) in [7, 11) is 0. The molecule has 0 aliphatic rings. The summed E-state index contributed by atoms with van der Waals surface area (Å²) < 4.78 is 5.04. The minimum Gasteiger partial charge on any atom is -0.425 e. The van der Waals surface area contributed by atoms with Gasteiger partial charge in [0.2, 0.25) is 0 Å². The first-order valence-electron chi connectivity index (χ1n) is 6.23. The zero-order valence-electron chi connectivity index (χ0n) is 11.0. The number of ketones is 1. The number of carbonyl (C=O) groups is 2. The van der Waals surface area contributed by atoms with Crippen molar-refractivity contribution in [3.63, 3.8) is 0 Å². The van der Waals surface area contributed by atoms with E-state index in [1.54, 1.807) is 48.5 Å². The van der Waals surface area contributed by atoms with Gasteiger partial charge in [0.05, 0.1) is 0 Å². The SMILES string of the molecule is O=C(c1ccccc1)c1ccc(OC(=O)C(Cl)CCl)cc1. The minimum absolute atomic E-state index is 0.0229. The van der Waals surface area contributed by atoms with E-state index in [-0.39, 0.29) is 11.7 Å². The number of halogens is 2. The molecule has 2 rings (SSSR count). The third kappa shape index (κ3) is 4.06. The van der Waals surface area contributed by atoms with Crippen LogP contribution in [0, 0.1) is 0 Å². The van der Waals surface area contributed by atoms with Crippen LogP contribution in [0.3, 0.4) is 0 Å². The lowest BCUT2D eigenvalue weighted by Crippen LogP contribution is -2.22. The number of carbonyl (C=O) groups excluding carboxylic acids is 2. The molecule has 0 radical (unpaired) electrons. The van der Waals surface area contributed by atoms with Crippen LogP contribution < -0.4 is 4.74 Å². The van der Waals surface area contributed by atoms with Gasteiger partial charge < -0.3 is 4.74 Å². The molecule has 1 atom stereocenters. The summed E-state index contributed by atoms with van der Waals surface area (Å²) in [6, 6.07) is 15.2. The number of benzene rings is 2. The Labute approximate surface area is 132 Å². The molecule has 0 fully saturated rings. The molecule has 0 spiro atoms. The Balaban J connectivity index is 2.09. The third-order valence-corrected chi connectivity index (χ3v) is 3.56. The van der Waals surface area contributed by atoms with Crippen LogP contribution in [0.2, 0.25) is 0 Å². The van der Waals surface area contributed by atoms with Crippen molar-refractivity contribution in [1.82, 2.24) is 0 Å². The Morgan fingerprint density at radius 3 is 2.10 bits per heavy atom. The molecule has 21 heavy (non-hydrogen) atoms. The van der Waals surface area contributed by atoms with Gasteiger partial charge in [-0.15, -0.1) is 23.2 Å². The summed E-state index contributed by atoms with van der Waals surface area (Å²) in [4.78, 5) is 23.7. The van der Waals surface area contributed by atoms with E-state index in [0.717, 1.165) is 0 Å². The smallest absolute Gasteiger partial charge is 0.330 e. The molecule has 2 aromatic rings. The standard InChI is InChI=1S/C16H12Cl2O3/c17-10-14(18)16(20)21-13-8-6-12(7-9-13)15(19)11-4-2-1-3-5-11/h1-9,14H,10H2. The average molecular weight is 323 g/mol. The van der Waals surface area contributed by atoms with E-state index in [1.807, 2.05) is 6.07 Å². The maximum atomic E-state index is 12.2. The second-order valence-corrected chi connectivity index (χ2v) is 5.10. The summed E-state index contributed by atoms with van der Waals surface area (Å²) in [5.74, 6) is -0.413. The van der Waals surface area contributed by atoms with Gasteiger partial charge in [-0.05, 0) is 24.3 Å². The molecule has 108 valence electrons. The zero-order valence-corrected chi connectivity index (χ0v) is 12.5. The van der Waals surface area contributed by atoms with Crippen molar-refractivity contribution in [2.45, 2.75) is 5.38 Å². The predicted octanol–water partition coefficient (Wildman–Crippen LogP) is 3.67. The van der Waals surface area contributed by atoms with Gasteiger partial charge in [0.15, 0.2) is 5.78 Å². The van der Waals surface area contributed by atoms with Gasteiger partial charge in [0.25, 0.3) is 0 Å². The monoisotopic (exact) mass is 322 g/mol. The molecule has 3 nitrogen and oxygen atoms in total. The largest absolute Gasteiger partial charge is 0.425 e. The summed E-state index contributed by atoms with van der Waals surface area (Å²) in [6.07, 6.45) is 0. The first kappa shape index (κ1) is 15.5. The Morgan fingerprint density at radius 2 is 1.52 bits per heavy atom. The van der Waals surface area contributed by atoms with Crippen LogP contribution in [0.15, 0.2) is 54.6 Å². The van der Waals surface area contributed by atoms with Crippen LogP contribution in [0.25, 0.3) is 0 Å². The molecular weight excluding hydrogens is 311 g/mol. The molecule has 1 unspecified atom stereocenters. The summed E-state index contributed by atoms with van der Waals surface area (Å²) >= 11 is 11.1. The van der Waals surface area contributed by atoms with Gasteiger partial charge in [0.1, 0.15) is 11.1 Å². The van der Waals surface area contributed by atoms with E-state index in [2.05, 4.69) is 0 Å². The van der Waals surface area contributed by atoms with E-state index in [4.69, 9.17) is 27.9 Å². The first-order valence-corrected chi connectivity index (χ1v) is 7.20. The quantitative estimate of drug-likeness (QED) is 0.365. The minimum atomic E-state index is -0.891. The number of hydrogen-bond acceptors (Lipinski definition) is 3. The molecule has 0 saturated heterocycles. The van der Waals surface area contributed by atoms with Gasteiger partial charge in [-0.1, -0.05) is 30.3 Å². The molecule has 0 aliphatic heterocycles. The highest BCUT2D eigenvalue weighted by Crippen LogP contribution is 2.16. The maximum Gasteiger partial charge on any atom is 0.330 e. The van der Waals surface area contributed by atoms with Gasteiger partial charge in [0, 0.05) is 17.0 Å². The molecule has 0 heterocycles. The van der Waals surface area contributed by atoms with Crippen molar-refractivity contribution in [1.29, 1.82) is 0 Å². The molecule has 0 saturated carbocycles. The Hall–Kier alpha value is -1.84. The van der Waals surface area contributed by atoms with Crippen molar-refractivity contribution in [2.24, 2.45) is 0 Å². The predicted molar refractivity (Wildman–Crippen MR) is 82.3 cm³/mol. The fraction of sp³-hybridized carbons (Fsp3) is 0.125. The van der Waals surface area contributed by atoms with Crippen molar-refractivity contribution in [2.75, 3.05) is 5.88 Å².